The van der Waals surface area contributed by atoms with Gasteiger partial charge in [0.2, 0.25) is 0 Å². The predicted octanol–water partition coefficient (Wildman–Crippen LogP) is 1.86. The van der Waals surface area contributed by atoms with E-state index in [1.807, 2.05) is 4.52 Å². The topological polar surface area (TPSA) is 39.4 Å². The van der Waals surface area contributed by atoms with E-state index in [0.717, 1.165) is 18.4 Å². The minimum Gasteiger partial charge on any atom is -0.466 e. The Morgan fingerprint density at radius 2 is 2.13 bits per heavy atom. The SMILES string of the molecule is CCc1cc2cnc(OC)nn2c1CC. The molecule has 2 rings (SSSR count). The van der Waals surface area contributed by atoms with Crippen LogP contribution in [-0.4, -0.2) is 21.7 Å². The zero-order valence-electron chi connectivity index (χ0n) is 9.32. The van der Waals surface area contributed by atoms with Crippen LogP contribution in [0.3, 0.4) is 0 Å². The molecule has 2 heterocycles. The Bertz CT molecular complexity index is 476. The highest BCUT2D eigenvalue weighted by Crippen LogP contribution is 2.17. The second-order valence-corrected chi connectivity index (χ2v) is 3.40. The largest absolute Gasteiger partial charge is 0.466 e. The second-order valence-electron chi connectivity index (χ2n) is 3.40. The molecule has 2 aromatic rings. The third kappa shape index (κ3) is 1.56. The number of nitrogens with zero attached hydrogens (tertiary/aromatic N) is 3. The molecule has 0 aromatic carbocycles. The van der Waals surface area contributed by atoms with Gasteiger partial charge in [-0.25, -0.2) is 9.50 Å². The minimum atomic E-state index is 0.412. The lowest BCUT2D eigenvalue weighted by atomic mass is 10.1. The molecular formula is C11H15N3O. The number of ether oxygens (including phenoxy) is 1. The van der Waals surface area contributed by atoms with E-state index in [-0.39, 0.29) is 0 Å². The van der Waals surface area contributed by atoms with Gasteiger partial charge in [0.1, 0.15) is 0 Å². The molecular weight excluding hydrogens is 190 g/mol. The number of hydrogen-bond acceptors (Lipinski definition) is 3. The van der Waals surface area contributed by atoms with Gasteiger partial charge in [0, 0.05) is 5.69 Å². The molecule has 0 saturated carbocycles. The monoisotopic (exact) mass is 205 g/mol. The highest BCUT2D eigenvalue weighted by atomic mass is 16.5. The molecule has 0 spiro atoms. The molecule has 0 fully saturated rings. The van der Waals surface area contributed by atoms with Crippen molar-refractivity contribution in [1.29, 1.82) is 0 Å². The molecule has 0 saturated heterocycles. The molecule has 4 nitrogen and oxygen atoms in total. The third-order valence-corrected chi connectivity index (χ3v) is 2.58. The lowest BCUT2D eigenvalue weighted by Crippen LogP contribution is -2.02. The molecule has 0 atom stereocenters. The first-order chi connectivity index (χ1) is 7.30. The Morgan fingerprint density at radius 3 is 2.73 bits per heavy atom. The van der Waals surface area contributed by atoms with Crippen LogP contribution >= 0.6 is 0 Å². The maximum absolute atomic E-state index is 5.02. The van der Waals surface area contributed by atoms with E-state index in [1.165, 1.54) is 11.3 Å². The summed E-state index contributed by atoms with van der Waals surface area (Å²) in [6.07, 6.45) is 3.79. The van der Waals surface area contributed by atoms with Crippen LogP contribution in [-0.2, 0) is 12.8 Å². The first-order valence-corrected chi connectivity index (χ1v) is 5.20. The molecule has 0 aliphatic rings. The first-order valence-electron chi connectivity index (χ1n) is 5.20. The van der Waals surface area contributed by atoms with E-state index in [9.17, 15) is 0 Å². The number of aryl methyl sites for hydroxylation is 2. The van der Waals surface area contributed by atoms with Crippen molar-refractivity contribution >= 4 is 5.52 Å². The average molecular weight is 205 g/mol. The molecule has 0 aliphatic carbocycles. The number of rotatable bonds is 3. The summed E-state index contributed by atoms with van der Waals surface area (Å²) in [5.41, 5.74) is 3.61. The first kappa shape index (κ1) is 9.96. The summed E-state index contributed by atoms with van der Waals surface area (Å²) in [4.78, 5) is 4.09. The predicted molar refractivity (Wildman–Crippen MR) is 58.3 cm³/mol. The molecule has 4 heteroatoms. The van der Waals surface area contributed by atoms with Crippen molar-refractivity contribution in [2.45, 2.75) is 26.7 Å². The van der Waals surface area contributed by atoms with Crippen molar-refractivity contribution in [3.8, 4) is 6.01 Å². The zero-order valence-corrected chi connectivity index (χ0v) is 9.32. The number of fused-ring (bicyclic) bond motifs is 1. The fourth-order valence-electron chi connectivity index (χ4n) is 1.83. The van der Waals surface area contributed by atoms with Gasteiger partial charge in [0.15, 0.2) is 0 Å². The van der Waals surface area contributed by atoms with Crippen LogP contribution in [0.25, 0.3) is 5.52 Å². The van der Waals surface area contributed by atoms with E-state index < -0.39 is 0 Å². The summed E-state index contributed by atoms with van der Waals surface area (Å²) in [5, 5.41) is 4.32. The molecule has 0 amide bonds. The maximum atomic E-state index is 5.02. The fourth-order valence-corrected chi connectivity index (χ4v) is 1.83. The Labute approximate surface area is 88.9 Å². The molecule has 2 aromatic heterocycles. The van der Waals surface area contributed by atoms with Gasteiger partial charge in [-0.3, -0.25) is 0 Å². The molecule has 0 aliphatic heterocycles. The summed E-state index contributed by atoms with van der Waals surface area (Å²) in [6, 6.07) is 2.55. The van der Waals surface area contributed by atoms with Crippen molar-refractivity contribution in [2.75, 3.05) is 7.11 Å². The zero-order chi connectivity index (χ0) is 10.8. The second kappa shape index (κ2) is 3.88. The lowest BCUT2D eigenvalue weighted by molar-refractivity contribution is 0.371. The van der Waals surface area contributed by atoms with Gasteiger partial charge in [0.25, 0.3) is 0 Å². The van der Waals surface area contributed by atoms with Crippen LogP contribution in [0.5, 0.6) is 6.01 Å². The smallest absolute Gasteiger partial charge is 0.333 e. The van der Waals surface area contributed by atoms with E-state index >= 15 is 0 Å². The Kier molecular flexibility index (Phi) is 2.58. The summed E-state index contributed by atoms with van der Waals surface area (Å²) in [7, 11) is 1.58. The summed E-state index contributed by atoms with van der Waals surface area (Å²) >= 11 is 0. The standard InChI is InChI=1S/C11H15N3O/c1-4-8-6-9-7-12-11(15-3)13-14(9)10(8)5-2/h6-7H,4-5H2,1-3H3. The number of methoxy groups -OCH3 is 1. The van der Waals surface area contributed by atoms with E-state index in [0.29, 0.717) is 6.01 Å². The van der Waals surface area contributed by atoms with Gasteiger partial charge in [0.05, 0.1) is 18.8 Å². The average Bonchev–Trinajstić information content (AvgIpc) is 2.65. The summed E-state index contributed by atoms with van der Waals surface area (Å²) in [6.45, 7) is 4.29. The minimum absolute atomic E-state index is 0.412. The van der Waals surface area contributed by atoms with E-state index in [1.54, 1.807) is 13.3 Å². The maximum Gasteiger partial charge on any atom is 0.333 e. The van der Waals surface area contributed by atoms with Crippen molar-refractivity contribution < 1.29 is 4.74 Å². The van der Waals surface area contributed by atoms with Crippen molar-refractivity contribution in [3.05, 3.63) is 23.5 Å². The van der Waals surface area contributed by atoms with Gasteiger partial charge < -0.3 is 4.74 Å². The summed E-state index contributed by atoms with van der Waals surface area (Å²) in [5.74, 6) is 0. The van der Waals surface area contributed by atoms with Crippen LogP contribution < -0.4 is 4.74 Å². The quantitative estimate of drug-likeness (QED) is 0.767. The number of aromatic nitrogens is 3. The van der Waals surface area contributed by atoms with E-state index in [2.05, 4.69) is 30.0 Å². The molecule has 15 heavy (non-hydrogen) atoms. The Hall–Kier alpha value is -1.58. The van der Waals surface area contributed by atoms with Gasteiger partial charge >= 0.3 is 6.01 Å². The van der Waals surface area contributed by atoms with Crippen molar-refractivity contribution in [2.24, 2.45) is 0 Å². The molecule has 0 bridgehead atoms. The molecule has 80 valence electrons. The Balaban J connectivity index is 2.67. The highest BCUT2D eigenvalue weighted by molar-refractivity contribution is 5.51. The van der Waals surface area contributed by atoms with Crippen molar-refractivity contribution in [1.82, 2.24) is 14.6 Å². The highest BCUT2D eigenvalue weighted by Gasteiger charge is 2.09. The van der Waals surface area contributed by atoms with Crippen LogP contribution in [0.1, 0.15) is 25.1 Å². The van der Waals surface area contributed by atoms with Crippen LogP contribution in [0.2, 0.25) is 0 Å². The Morgan fingerprint density at radius 1 is 1.33 bits per heavy atom. The normalized spacial score (nSPS) is 10.9. The lowest BCUT2D eigenvalue weighted by Gasteiger charge is -2.02. The molecule has 0 radical (unpaired) electrons. The van der Waals surface area contributed by atoms with Gasteiger partial charge in [-0.15, -0.1) is 5.10 Å². The van der Waals surface area contributed by atoms with Crippen LogP contribution in [0.15, 0.2) is 12.3 Å². The van der Waals surface area contributed by atoms with Gasteiger partial charge in [-0.2, -0.15) is 0 Å². The van der Waals surface area contributed by atoms with E-state index in [4.69, 9.17) is 4.74 Å². The van der Waals surface area contributed by atoms with Crippen LogP contribution in [0.4, 0.5) is 0 Å². The third-order valence-electron chi connectivity index (χ3n) is 2.58. The number of hydrogen-bond donors (Lipinski definition) is 0. The molecule has 0 N–H and O–H groups in total. The van der Waals surface area contributed by atoms with Crippen molar-refractivity contribution in [3.63, 3.8) is 0 Å². The van der Waals surface area contributed by atoms with Gasteiger partial charge in [-0.05, 0) is 24.5 Å². The fraction of sp³-hybridized carbons (Fsp3) is 0.455. The molecule has 0 unspecified atom stereocenters. The summed E-state index contributed by atoms with van der Waals surface area (Å²) < 4.78 is 6.94. The van der Waals surface area contributed by atoms with Crippen LogP contribution in [0, 0.1) is 0 Å². The van der Waals surface area contributed by atoms with Gasteiger partial charge in [-0.1, -0.05) is 13.8 Å².